The van der Waals surface area contributed by atoms with Crippen molar-refractivity contribution in [3.05, 3.63) is 47.2 Å². The zero-order chi connectivity index (χ0) is 15.4. The van der Waals surface area contributed by atoms with Crippen LogP contribution in [0.25, 0.3) is 0 Å². The van der Waals surface area contributed by atoms with Gasteiger partial charge in [0.2, 0.25) is 0 Å². The maximum Gasteiger partial charge on any atom is 0.418 e. The summed E-state index contributed by atoms with van der Waals surface area (Å²) in [6.07, 6.45) is -0.774. The summed E-state index contributed by atoms with van der Waals surface area (Å²) in [4.78, 5) is 25.1. The molecule has 0 aliphatic carbocycles. The van der Waals surface area contributed by atoms with Gasteiger partial charge < -0.3 is 10.1 Å². The van der Waals surface area contributed by atoms with E-state index in [1.54, 1.807) is 38.1 Å². The van der Waals surface area contributed by atoms with Gasteiger partial charge in [-0.05, 0) is 19.4 Å². The van der Waals surface area contributed by atoms with Crippen molar-refractivity contribution in [1.82, 2.24) is 10.2 Å². The normalized spacial score (nSPS) is 18.0. The first-order chi connectivity index (χ1) is 10.1. The Morgan fingerprint density at radius 3 is 2.67 bits per heavy atom. The first kappa shape index (κ1) is 14.6. The second kappa shape index (κ2) is 6.09. The molecule has 1 aromatic carbocycles. The monoisotopic (exact) mass is 285 g/mol. The van der Waals surface area contributed by atoms with Crippen molar-refractivity contribution in [2.45, 2.75) is 19.9 Å². The first-order valence-corrected chi connectivity index (χ1v) is 6.53. The fraction of sp³-hybridized carbons (Fsp3) is 0.267. The minimum absolute atomic E-state index is 0.148. The molecule has 0 spiro atoms. The number of carbonyl (C=O) groups is 2. The molecule has 108 valence electrons. The number of carbonyl (C=O) groups excluding carboxylic acids is 2. The van der Waals surface area contributed by atoms with Gasteiger partial charge >= 0.3 is 12.1 Å². The molecule has 0 saturated heterocycles. The van der Waals surface area contributed by atoms with Gasteiger partial charge in [0.05, 0.1) is 18.2 Å². The number of nitriles is 1. The van der Waals surface area contributed by atoms with Crippen molar-refractivity contribution in [1.29, 1.82) is 5.26 Å². The highest BCUT2D eigenvalue weighted by molar-refractivity contribution is 5.94. The number of benzene rings is 1. The molecule has 0 fully saturated rings. The van der Waals surface area contributed by atoms with Crippen LogP contribution in [0.1, 0.15) is 25.5 Å². The maximum atomic E-state index is 12.1. The Kier molecular flexibility index (Phi) is 4.24. The van der Waals surface area contributed by atoms with Gasteiger partial charge in [0, 0.05) is 5.70 Å². The number of hydrogen-bond donors (Lipinski definition) is 1. The lowest BCUT2D eigenvalue weighted by Gasteiger charge is -2.34. The molecule has 0 saturated carbocycles. The van der Waals surface area contributed by atoms with Crippen LogP contribution < -0.4 is 5.32 Å². The number of urea groups is 1. The van der Waals surface area contributed by atoms with Crippen molar-refractivity contribution in [2.24, 2.45) is 0 Å². The number of hydrogen-bond acceptors (Lipinski definition) is 4. The largest absolute Gasteiger partial charge is 0.449 e. The molecule has 3 amide bonds. The van der Waals surface area contributed by atoms with E-state index in [4.69, 9.17) is 4.74 Å². The van der Waals surface area contributed by atoms with Crippen molar-refractivity contribution < 1.29 is 14.3 Å². The molecule has 6 nitrogen and oxygen atoms in total. The third-order valence-corrected chi connectivity index (χ3v) is 3.15. The van der Waals surface area contributed by atoms with Crippen LogP contribution in [0.15, 0.2) is 41.6 Å². The van der Waals surface area contributed by atoms with Gasteiger partial charge in [0.25, 0.3) is 0 Å². The van der Waals surface area contributed by atoms with Gasteiger partial charge in [-0.1, -0.05) is 30.3 Å². The Morgan fingerprint density at radius 1 is 1.43 bits per heavy atom. The quantitative estimate of drug-likeness (QED) is 0.905. The van der Waals surface area contributed by atoms with Crippen molar-refractivity contribution >= 4 is 12.1 Å². The standard InChI is InChI=1S/C15H15N3O3/c1-3-21-15(20)18-13(11-7-5-4-6-8-11)12(9-16)10(2)17-14(18)19/h4-8,13H,3H2,1-2H3,(H,17,19). The molecule has 0 radical (unpaired) electrons. The molecule has 6 heteroatoms. The Hall–Kier alpha value is -2.81. The Morgan fingerprint density at radius 2 is 2.10 bits per heavy atom. The minimum Gasteiger partial charge on any atom is -0.449 e. The number of nitrogens with one attached hydrogen (secondary N) is 1. The number of allylic oxidation sites excluding steroid dienone is 1. The fourth-order valence-corrected chi connectivity index (χ4v) is 2.22. The van der Waals surface area contributed by atoms with E-state index in [1.807, 2.05) is 6.07 Å². The van der Waals surface area contributed by atoms with E-state index in [9.17, 15) is 14.9 Å². The summed E-state index contributed by atoms with van der Waals surface area (Å²) in [5.74, 6) is 0. The molecule has 0 aromatic heterocycles. The summed E-state index contributed by atoms with van der Waals surface area (Å²) in [6.45, 7) is 3.44. The molecular weight excluding hydrogens is 270 g/mol. The lowest BCUT2D eigenvalue weighted by atomic mass is 9.95. The second-order valence-electron chi connectivity index (χ2n) is 4.46. The molecule has 2 rings (SSSR count). The van der Waals surface area contributed by atoms with Crippen LogP contribution in [0.2, 0.25) is 0 Å². The Balaban J connectivity index is 2.54. The van der Waals surface area contributed by atoms with Gasteiger partial charge in [0.15, 0.2) is 0 Å². The molecule has 1 heterocycles. The maximum absolute atomic E-state index is 12.1. The van der Waals surface area contributed by atoms with Gasteiger partial charge in [-0.15, -0.1) is 0 Å². The highest BCUT2D eigenvalue weighted by Gasteiger charge is 2.39. The average molecular weight is 285 g/mol. The summed E-state index contributed by atoms with van der Waals surface area (Å²) in [5, 5.41) is 11.9. The van der Waals surface area contributed by atoms with Crippen molar-refractivity contribution in [3.63, 3.8) is 0 Å². The van der Waals surface area contributed by atoms with Crippen LogP contribution in [-0.4, -0.2) is 23.6 Å². The fourth-order valence-electron chi connectivity index (χ4n) is 2.22. The van der Waals surface area contributed by atoms with E-state index in [1.165, 1.54) is 0 Å². The summed E-state index contributed by atoms with van der Waals surface area (Å²) in [7, 11) is 0. The number of amides is 3. The van der Waals surface area contributed by atoms with Gasteiger partial charge in [-0.2, -0.15) is 5.26 Å². The predicted octanol–water partition coefficient (Wildman–Crippen LogP) is 2.71. The van der Waals surface area contributed by atoms with Crippen LogP contribution in [-0.2, 0) is 4.74 Å². The molecule has 0 bridgehead atoms. The summed E-state index contributed by atoms with van der Waals surface area (Å²) in [5.41, 5.74) is 1.43. The summed E-state index contributed by atoms with van der Waals surface area (Å²) < 4.78 is 4.93. The zero-order valence-electron chi connectivity index (χ0n) is 11.8. The van der Waals surface area contributed by atoms with Crippen molar-refractivity contribution in [3.8, 4) is 6.07 Å². The smallest absolute Gasteiger partial charge is 0.418 e. The molecule has 1 aliphatic heterocycles. The van der Waals surface area contributed by atoms with Gasteiger partial charge in [-0.25, -0.2) is 14.5 Å². The van der Waals surface area contributed by atoms with Crippen LogP contribution in [0.3, 0.4) is 0 Å². The molecular formula is C15H15N3O3. The van der Waals surface area contributed by atoms with E-state index in [2.05, 4.69) is 11.4 Å². The van der Waals surface area contributed by atoms with Crippen LogP contribution in [0.4, 0.5) is 9.59 Å². The Labute approximate surface area is 122 Å². The SMILES string of the molecule is CCOC(=O)N1C(=O)NC(C)=C(C#N)C1c1ccccc1. The topological polar surface area (TPSA) is 82.4 Å². The summed E-state index contributed by atoms with van der Waals surface area (Å²) >= 11 is 0. The molecule has 1 aromatic rings. The molecule has 1 unspecified atom stereocenters. The number of nitrogens with zero attached hydrogens (tertiary/aromatic N) is 2. The van der Waals surface area contributed by atoms with E-state index in [0.29, 0.717) is 16.8 Å². The zero-order valence-corrected chi connectivity index (χ0v) is 11.8. The minimum atomic E-state index is -0.774. The van der Waals surface area contributed by atoms with Crippen LogP contribution in [0.5, 0.6) is 0 Å². The van der Waals surface area contributed by atoms with E-state index in [0.717, 1.165) is 4.90 Å². The molecule has 1 aliphatic rings. The van der Waals surface area contributed by atoms with E-state index < -0.39 is 18.2 Å². The lowest BCUT2D eigenvalue weighted by molar-refractivity contribution is 0.104. The molecule has 1 N–H and O–H groups in total. The Bertz CT molecular complexity index is 631. The van der Waals surface area contributed by atoms with Crippen molar-refractivity contribution in [2.75, 3.05) is 6.61 Å². The number of imide groups is 1. The first-order valence-electron chi connectivity index (χ1n) is 6.53. The van der Waals surface area contributed by atoms with E-state index in [-0.39, 0.29) is 6.61 Å². The lowest BCUT2D eigenvalue weighted by Crippen LogP contribution is -2.50. The highest BCUT2D eigenvalue weighted by Crippen LogP contribution is 2.33. The molecule has 1 atom stereocenters. The summed E-state index contributed by atoms with van der Waals surface area (Å²) in [6, 6.07) is 9.62. The van der Waals surface area contributed by atoms with Gasteiger partial charge in [-0.3, -0.25) is 0 Å². The average Bonchev–Trinajstić information content (AvgIpc) is 2.47. The number of ether oxygens (including phenoxy) is 1. The molecule has 21 heavy (non-hydrogen) atoms. The second-order valence-corrected chi connectivity index (χ2v) is 4.46. The van der Waals surface area contributed by atoms with E-state index >= 15 is 0 Å². The highest BCUT2D eigenvalue weighted by atomic mass is 16.6. The third kappa shape index (κ3) is 2.72. The third-order valence-electron chi connectivity index (χ3n) is 3.15. The van der Waals surface area contributed by atoms with Gasteiger partial charge in [0.1, 0.15) is 6.04 Å². The van der Waals surface area contributed by atoms with Crippen LogP contribution >= 0.6 is 0 Å². The van der Waals surface area contributed by atoms with Crippen LogP contribution in [0, 0.1) is 11.3 Å². The number of rotatable bonds is 2. The predicted molar refractivity (Wildman–Crippen MR) is 74.9 cm³/mol.